The molecule has 0 saturated carbocycles. The van der Waals surface area contributed by atoms with E-state index in [0.29, 0.717) is 12.1 Å². The van der Waals surface area contributed by atoms with Gasteiger partial charge in [-0.2, -0.15) is 0 Å². The summed E-state index contributed by atoms with van der Waals surface area (Å²) in [6, 6.07) is 6.41. The number of hydrogen-bond acceptors (Lipinski definition) is 12. The Kier molecular flexibility index (Phi) is 15.7. The molecule has 4 aromatic carbocycles. The summed E-state index contributed by atoms with van der Waals surface area (Å²) in [4.78, 5) is 122. The molecule has 352 valence electrons. The van der Waals surface area contributed by atoms with Gasteiger partial charge in [-0.25, -0.2) is 0 Å². The van der Waals surface area contributed by atoms with Crippen LogP contribution in [0, 0.1) is 0 Å². The summed E-state index contributed by atoms with van der Waals surface area (Å²) < 4.78 is 100. The Morgan fingerprint density at radius 1 is 0.359 bits per heavy atom. The Labute approximate surface area is 362 Å². The molecule has 16 N–H and O–H groups in total. The van der Waals surface area contributed by atoms with Gasteiger partial charge in [0.25, 0.3) is 0 Å². The van der Waals surface area contributed by atoms with Gasteiger partial charge in [-0.3, -0.25) is 36.5 Å². The highest BCUT2D eigenvalue weighted by atomic mass is 31.2. The van der Waals surface area contributed by atoms with E-state index in [1.807, 2.05) is 0 Å². The van der Waals surface area contributed by atoms with Crippen LogP contribution < -0.4 is 0 Å². The van der Waals surface area contributed by atoms with Crippen LogP contribution in [0.25, 0.3) is 0 Å². The molecule has 0 heterocycles. The molecule has 1 aliphatic carbocycles. The van der Waals surface area contributed by atoms with Gasteiger partial charge in [0.05, 0.1) is 0 Å². The van der Waals surface area contributed by atoms with E-state index in [4.69, 9.17) is 0 Å². The standard InChI is InChI=1S/C32H40O24P8/c33-25-13-1-15-7-22(30(59(41)42)61(45,46)47)9-17(26(15)34)3-19-11-24(32(63(51,52)53)64(54,55)56)12-20(28(19)36)4-18-10-23(31(60(43)44)62(48,49)50)8-16(27(18)35)2-14(25)6-21(5-13)29(57(37)38)58(39)40/h5-12,29-36,57-60H,1-4H2,(H,37,38)(H,39,40)(H,41,42)(H,43,44)(H2,45,46,47)(H2,48,49,50)(H2,51,52,53)(H2,54,55,56). The van der Waals surface area contributed by atoms with E-state index in [2.05, 4.69) is 0 Å². The van der Waals surface area contributed by atoms with Crippen molar-refractivity contribution >= 4 is 62.5 Å². The maximum Gasteiger partial charge on any atom is 0.345 e. The average molecular weight is 1060 g/mol. The van der Waals surface area contributed by atoms with Crippen molar-refractivity contribution in [3.8, 4) is 23.0 Å². The van der Waals surface area contributed by atoms with Crippen LogP contribution in [-0.4, -0.2) is 79.1 Å². The van der Waals surface area contributed by atoms with Gasteiger partial charge in [-0.05, 0) is 66.8 Å². The molecule has 0 spiro atoms. The molecular weight excluding hydrogens is 1020 g/mol. The summed E-state index contributed by atoms with van der Waals surface area (Å²) in [6.45, 7) is 0. The zero-order valence-electron chi connectivity index (χ0n) is 32.0. The summed E-state index contributed by atoms with van der Waals surface area (Å²) >= 11 is 0. The zero-order chi connectivity index (χ0) is 48.3. The smallest absolute Gasteiger partial charge is 0.345 e. The number of aromatic hydroxyl groups is 4. The third kappa shape index (κ3) is 11.4. The SMILES string of the molecule is O=[PH](O)C(c1cc2c(O)c(c1)Cc1cc(C([PH](=O)O)P(=O)(O)O)cc(c1O)Cc1cc(C(P(=O)(O)O)P(=O)(O)O)cc(c1O)Cc1cc(C([PH](=O)O)P(=O)(O)O)cc(c1O)C2)[PH](=O)O. The number of rotatable bonds is 12. The normalized spacial score (nSPS) is 17.3. The van der Waals surface area contributed by atoms with Crippen LogP contribution in [0.1, 0.15) is 88.4 Å². The van der Waals surface area contributed by atoms with Gasteiger partial charge >= 0.3 is 30.4 Å². The first-order valence-electron chi connectivity index (χ1n) is 17.7. The molecule has 4 aromatic rings. The fourth-order valence-corrected chi connectivity index (χ4v) is 16.3. The third-order valence-corrected chi connectivity index (χ3v) is 23.9. The fraction of sp³-hybridized carbons (Fsp3) is 0.250. The average Bonchev–Trinajstić information content (AvgIpc) is 3.09. The van der Waals surface area contributed by atoms with Crippen LogP contribution in [0.15, 0.2) is 48.5 Å². The van der Waals surface area contributed by atoms with Crippen molar-refractivity contribution in [1.29, 1.82) is 0 Å². The van der Waals surface area contributed by atoms with Crippen molar-refractivity contribution < 1.29 is 116 Å². The van der Waals surface area contributed by atoms with Crippen LogP contribution >= 0.6 is 62.5 Å². The molecule has 64 heavy (non-hydrogen) atoms. The van der Waals surface area contributed by atoms with E-state index in [9.17, 15) is 116 Å². The van der Waals surface area contributed by atoms with Crippen molar-refractivity contribution in [2.45, 2.75) is 47.3 Å². The third-order valence-electron chi connectivity index (χ3n) is 10.2. The molecule has 0 saturated heterocycles. The van der Waals surface area contributed by atoms with Crippen LogP contribution in [0.4, 0.5) is 0 Å². The molecule has 8 bridgehead atoms. The molecule has 6 unspecified atom stereocenters. The van der Waals surface area contributed by atoms with Gasteiger partial charge in [0, 0.05) is 25.7 Å². The molecule has 32 heteroatoms. The van der Waals surface area contributed by atoms with Crippen molar-refractivity contribution in [3.05, 3.63) is 115 Å². The van der Waals surface area contributed by atoms with Crippen LogP contribution in [0.2, 0.25) is 0 Å². The first-order chi connectivity index (χ1) is 29.2. The molecule has 1 aliphatic rings. The minimum absolute atomic E-state index is 0.401. The van der Waals surface area contributed by atoms with E-state index >= 15 is 0 Å². The first-order valence-corrected chi connectivity index (χ1v) is 30.2. The minimum atomic E-state index is -5.87. The summed E-state index contributed by atoms with van der Waals surface area (Å²) in [5.74, 6) is -3.41. The van der Waals surface area contributed by atoms with E-state index in [1.165, 1.54) is 0 Å². The lowest BCUT2D eigenvalue weighted by atomic mass is 9.89. The second kappa shape index (κ2) is 19.2. The van der Waals surface area contributed by atoms with Crippen molar-refractivity contribution in [3.63, 3.8) is 0 Å². The van der Waals surface area contributed by atoms with Gasteiger partial charge in [-0.15, -0.1) is 0 Å². The van der Waals surface area contributed by atoms with E-state index < -0.39 is 200 Å². The van der Waals surface area contributed by atoms with Crippen molar-refractivity contribution in [2.75, 3.05) is 0 Å². The number of fused-ring (bicyclic) bond motifs is 8. The van der Waals surface area contributed by atoms with Crippen molar-refractivity contribution in [2.24, 2.45) is 0 Å². The summed E-state index contributed by atoms with van der Waals surface area (Å²) in [7, 11) is -39.3. The van der Waals surface area contributed by atoms with Gasteiger partial charge in [-0.1, -0.05) is 48.5 Å². The summed E-state index contributed by atoms with van der Waals surface area (Å²) in [5.41, 5.74) is -6.49. The van der Waals surface area contributed by atoms with Gasteiger partial charge in [0.1, 0.15) is 28.4 Å². The Balaban J connectivity index is 2.01. The predicted octanol–water partition coefficient (Wildman–Crippen LogP) is 3.76. The Hall–Kier alpha value is -2.56. The van der Waals surface area contributed by atoms with Gasteiger partial charge in [0.15, 0.2) is 16.2 Å². The lowest BCUT2D eigenvalue weighted by Crippen LogP contribution is -2.07. The largest absolute Gasteiger partial charge is 0.507 e. The number of phenolic OH excluding ortho intramolecular Hbond substituents is 4. The topological polar surface area (TPSA) is 460 Å². The predicted molar refractivity (Wildman–Crippen MR) is 228 cm³/mol. The number of hydrogen-bond donors (Lipinski definition) is 16. The zero-order valence-corrected chi connectivity index (χ0v) is 39.5. The Bertz CT molecular complexity index is 2660. The van der Waals surface area contributed by atoms with Crippen LogP contribution in [0.5, 0.6) is 23.0 Å². The molecule has 0 aliphatic heterocycles. The first kappa shape index (κ1) is 52.4. The Morgan fingerprint density at radius 2 is 0.578 bits per heavy atom. The number of benzene rings is 4. The highest BCUT2D eigenvalue weighted by Gasteiger charge is 2.45. The van der Waals surface area contributed by atoms with Crippen molar-refractivity contribution in [1.82, 2.24) is 0 Å². The molecule has 5 rings (SSSR count). The maximum atomic E-state index is 12.7. The molecule has 0 amide bonds. The van der Waals surface area contributed by atoms with E-state index in [-0.39, 0.29) is 0 Å². The lowest BCUT2D eigenvalue weighted by Gasteiger charge is -2.24. The highest BCUT2D eigenvalue weighted by molar-refractivity contribution is 7.70. The minimum Gasteiger partial charge on any atom is -0.507 e. The number of phenols is 4. The molecule has 0 radical (unpaired) electrons. The molecule has 6 atom stereocenters. The van der Waals surface area contributed by atoms with Gasteiger partial charge < -0.3 is 79.1 Å². The summed E-state index contributed by atoms with van der Waals surface area (Å²) in [5, 5.41) is 37.0. The van der Waals surface area contributed by atoms with Crippen LogP contribution in [0.3, 0.4) is 0 Å². The molecule has 24 nitrogen and oxygen atoms in total. The second-order valence-corrected chi connectivity index (χ2v) is 28.5. The quantitative estimate of drug-likeness (QED) is 0.0791. The molecular formula is C32H40O24P8. The second-order valence-electron chi connectivity index (χ2n) is 14.8. The maximum absolute atomic E-state index is 12.7. The van der Waals surface area contributed by atoms with E-state index in [1.54, 1.807) is 0 Å². The highest BCUT2D eigenvalue weighted by Crippen LogP contribution is 2.70. The van der Waals surface area contributed by atoms with Gasteiger partial charge in [0.2, 0.25) is 32.1 Å². The van der Waals surface area contributed by atoms with Crippen LogP contribution in [-0.2, 0) is 62.2 Å². The molecule has 0 aromatic heterocycles. The lowest BCUT2D eigenvalue weighted by molar-refractivity contribution is 0.339. The fourth-order valence-electron chi connectivity index (χ4n) is 7.61. The Morgan fingerprint density at radius 3 is 0.766 bits per heavy atom. The monoisotopic (exact) mass is 1060 g/mol. The van der Waals surface area contributed by atoms with E-state index in [0.717, 1.165) is 36.4 Å². The summed E-state index contributed by atoms with van der Waals surface area (Å²) in [6.07, 6.45) is -3.47. The molecule has 0 fully saturated rings.